The van der Waals surface area contributed by atoms with Crippen LogP contribution in [0.1, 0.15) is 36.9 Å². The molecular formula is C21H34N4O2. The molecule has 6 heteroatoms. The lowest BCUT2D eigenvalue weighted by molar-refractivity contribution is -0.126. The third-order valence-electron chi connectivity index (χ3n) is 5.38. The summed E-state index contributed by atoms with van der Waals surface area (Å²) in [5.41, 5.74) is 2.53. The van der Waals surface area contributed by atoms with Crippen molar-refractivity contribution in [2.75, 3.05) is 47.8 Å². The summed E-state index contributed by atoms with van der Waals surface area (Å²) in [4.78, 5) is 30.2. The van der Waals surface area contributed by atoms with Crippen LogP contribution in [0.3, 0.4) is 0 Å². The second-order valence-electron chi connectivity index (χ2n) is 7.76. The number of likely N-dealkylation sites (N-methyl/N-ethyl adjacent to an activating group) is 1. The fourth-order valence-electron chi connectivity index (χ4n) is 3.53. The van der Waals surface area contributed by atoms with Gasteiger partial charge in [0.05, 0.1) is 6.04 Å². The monoisotopic (exact) mass is 374 g/mol. The zero-order chi connectivity index (χ0) is 20.0. The molecule has 1 N–H and O–H groups in total. The number of aryl methyl sites for hydroxylation is 1. The molecule has 0 radical (unpaired) electrons. The summed E-state index contributed by atoms with van der Waals surface area (Å²) in [7, 11) is 7.59. The van der Waals surface area contributed by atoms with Gasteiger partial charge in [0.25, 0.3) is 0 Å². The number of rotatable bonds is 6. The Bertz CT molecular complexity index is 620. The van der Waals surface area contributed by atoms with Gasteiger partial charge in [0.2, 0.25) is 5.91 Å². The Balaban J connectivity index is 1.88. The molecule has 0 bridgehead atoms. The van der Waals surface area contributed by atoms with E-state index in [1.807, 2.05) is 19.0 Å². The fourth-order valence-corrected chi connectivity index (χ4v) is 3.53. The average Bonchev–Trinajstić information content (AvgIpc) is 2.67. The molecule has 6 nitrogen and oxygen atoms in total. The molecule has 1 aromatic carbocycles. The van der Waals surface area contributed by atoms with E-state index in [1.165, 1.54) is 11.1 Å². The number of benzene rings is 1. The van der Waals surface area contributed by atoms with Gasteiger partial charge in [0.15, 0.2) is 0 Å². The van der Waals surface area contributed by atoms with Crippen molar-refractivity contribution >= 4 is 11.9 Å². The van der Waals surface area contributed by atoms with Crippen molar-refractivity contribution in [3.05, 3.63) is 35.4 Å². The molecule has 2 rings (SSSR count). The lowest BCUT2D eigenvalue weighted by atomic mass is 9.95. The number of nitrogens with one attached hydrogen (secondary N) is 1. The van der Waals surface area contributed by atoms with Gasteiger partial charge in [-0.1, -0.05) is 31.2 Å². The highest BCUT2D eigenvalue weighted by Crippen LogP contribution is 2.21. The normalized spacial score (nSPS) is 16.3. The third-order valence-corrected chi connectivity index (χ3v) is 5.38. The number of hydrogen-bond donors (Lipinski definition) is 1. The fraction of sp³-hybridized carbons (Fsp3) is 0.619. The summed E-state index contributed by atoms with van der Waals surface area (Å²) in [6, 6.07) is 8.80. The number of urea groups is 1. The minimum atomic E-state index is -0.0125. The molecule has 1 unspecified atom stereocenters. The lowest BCUT2D eigenvalue weighted by Gasteiger charge is -2.33. The Morgan fingerprint density at radius 2 is 1.70 bits per heavy atom. The molecular weight excluding hydrogens is 340 g/mol. The number of amides is 3. The van der Waals surface area contributed by atoms with E-state index in [0.717, 1.165) is 19.3 Å². The average molecular weight is 375 g/mol. The van der Waals surface area contributed by atoms with Gasteiger partial charge in [0.1, 0.15) is 0 Å². The Kier molecular flexibility index (Phi) is 7.66. The molecule has 1 fully saturated rings. The maximum absolute atomic E-state index is 12.6. The Morgan fingerprint density at radius 1 is 1.11 bits per heavy atom. The molecule has 27 heavy (non-hydrogen) atoms. The number of carbonyl (C=O) groups is 2. The number of likely N-dealkylation sites (tertiary alicyclic amines) is 1. The summed E-state index contributed by atoms with van der Waals surface area (Å²) in [5, 5.41) is 3.13. The zero-order valence-corrected chi connectivity index (χ0v) is 17.4. The molecule has 0 spiro atoms. The van der Waals surface area contributed by atoms with E-state index in [4.69, 9.17) is 0 Å². The van der Waals surface area contributed by atoms with Crippen LogP contribution in [0.5, 0.6) is 0 Å². The van der Waals surface area contributed by atoms with Crippen LogP contribution >= 0.6 is 0 Å². The summed E-state index contributed by atoms with van der Waals surface area (Å²) in [6.07, 6.45) is 2.48. The van der Waals surface area contributed by atoms with Gasteiger partial charge >= 0.3 is 6.03 Å². The third kappa shape index (κ3) is 5.70. The van der Waals surface area contributed by atoms with E-state index in [9.17, 15) is 9.59 Å². The Labute approximate surface area is 163 Å². The predicted molar refractivity (Wildman–Crippen MR) is 109 cm³/mol. The van der Waals surface area contributed by atoms with Gasteiger partial charge in [-0.05, 0) is 44.5 Å². The van der Waals surface area contributed by atoms with Crippen molar-refractivity contribution in [2.24, 2.45) is 5.92 Å². The maximum atomic E-state index is 12.6. The van der Waals surface area contributed by atoms with Gasteiger partial charge in [-0.25, -0.2) is 4.79 Å². The SMILES string of the molecule is CCc1ccc(C(CNC(=O)C2CCN(C(=O)N(C)C)CC2)N(C)C)cc1. The smallest absolute Gasteiger partial charge is 0.319 e. The van der Waals surface area contributed by atoms with Crippen molar-refractivity contribution in [3.8, 4) is 0 Å². The van der Waals surface area contributed by atoms with E-state index in [-0.39, 0.29) is 23.9 Å². The van der Waals surface area contributed by atoms with Crippen LogP contribution in [-0.2, 0) is 11.2 Å². The molecule has 1 aromatic rings. The van der Waals surface area contributed by atoms with E-state index in [1.54, 1.807) is 19.0 Å². The molecule has 1 heterocycles. The minimum absolute atomic E-state index is 0.0125. The van der Waals surface area contributed by atoms with Crippen molar-refractivity contribution in [1.82, 2.24) is 20.0 Å². The zero-order valence-electron chi connectivity index (χ0n) is 17.4. The van der Waals surface area contributed by atoms with Crippen molar-refractivity contribution in [3.63, 3.8) is 0 Å². The van der Waals surface area contributed by atoms with Crippen LogP contribution in [0.15, 0.2) is 24.3 Å². The van der Waals surface area contributed by atoms with Gasteiger partial charge in [-0.2, -0.15) is 0 Å². The molecule has 0 aromatic heterocycles. The van der Waals surface area contributed by atoms with Gasteiger partial charge in [0, 0.05) is 39.6 Å². The number of hydrogen-bond acceptors (Lipinski definition) is 3. The summed E-state index contributed by atoms with van der Waals surface area (Å²) in [5.74, 6) is 0.0884. The van der Waals surface area contributed by atoms with Gasteiger partial charge < -0.3 is 20.0 Å². The van der Waals surface area contributed by atoms with Crippen molar-refractivity contribution in [2.45, 2.75) is 32.2 Å². The second kappa shape index (κ2) is 9.74. The second-order valence-corrected chi connectivity index (χ2v) is 7.76. The Morgan fingerprint density at radius 3 is 2.19 bits per heavy atom. The summed E-state index contributed by atoms with van der Waals surface area (Å²) < 4.78 is 0. The molecule has 1 aliphatic rings. The first-order valence-electron chi connectivity index (χ1n) is 9.82. The molecule has 1 saturated heterocycles. The number of nitrogens with zero attached hydrogens (tertiary/aromatic N) is 3. The highest BCUT2D eigenvalue weighted by Gasteiger charge is 2.28. The first kappa shape index (κ1) is 21.2. The molecule has 1 atom stereocenters. The molecule has 150 valence electrons. The maximum Gasteiger partial charge on any atom is 0.319 e. The number of piperidine rings is 1. The standard InChI is InChI=1S/C21H34N4O2/c1-6-16-7-9-17(10-8-16)19(23(2)3)15-22-20(26)18-11-13-25(14-12-18)21(27)24(4)5/h7-10,18-19H,6,11-15H2,1-5H3,(H,22,26). The van der Waals surface area contributed by atoms with Crippen LogP contribution in [0.2, 0.25) is 0 Å². The van der Waals surface area contributed by atoms with E-state index in [2.05, 4.69) is 41.4 Å². The van der Waals surface area contributed by atoms with Crippen LogP contribution in [0, 0.1) is 5.92 Å². The van der Waals surface area contributed by atoms with Gasteiger partial charge in [-0.3, -0.25) is 4.79 Å². The van der Waals surface area contributed by atoms with E-state index < -0.39 is 0 Å². The molecule has 1 aliphatic heterocycles. The summed E-state index contributed by atoms with van der Waals surface area (Å²) >= 11 is 0. The van der Waals surface area contributed by atoms with Crippen LogP contribution in [-0.4, -0.2) is 74.5 Å². The minimum Gasteiger partial charge on any atom is -0.354 e. The van der Waals surface area contributed by atoms with Gasteiger partial charge in [-0.15, -0.1) is 0 Å². The number of carbonyl (C=O) groups excluding carboxylic acids is 2. The molecule has 0 aliphatic carbocycles. The largest absolute Gasteiger partial charge is 0.354 e. The lowest BCUT2D eigenvalue weighted by Crippen LogP contribution is -2.47. The topological polar surface area (TPSA) is 55.9 Å². The van der Waals surface area contributed by atoms with Crippen LogP contribution < -0.4 is 5.32 Å². The Hall–Kier alpha value is -2.08. The quantitative estimate of drug-likeness (QED) is 0.832. The van der Waals surface area contributed by atoms with E-state index >= 15 is 0 Å². The first-order chi connectivity index (χ1) is 12.8. The first-order valence-corrected chi connectivity index (χ1v) is 9.82. The van der Waals surface area contributed by atoms with E-state index in [0.29, 0.717) is 19.6 Å². The van der Waals surface area contributed by atoms with Crippen LogP contribution in [0.4, 0.5) is 4.79 Å². The molecule has 3 amide bonds. The predicted octanol–water partition coefficient (Wildman–Crippen LogP) is 2.36. The highest BCUT2D eigenvalue weighted by molar-refractivity contribution is 5.79. The van der Waals surface area contributed by atoms with Crippen molar-refractivity contribution < 1.29 is 9.59 Å². The highest BCUT2D eigenvalue weighted by atomic mass is 16.2. The summed E-state index contributed by atoms with van der Waals surface area (Å²) in [6.45, 7) is 4.03. The van der Waals surface area contributed by atoms with Crippen molar-refractivity contribution in [1.29, 1.82) is 0 Å². The van der Waals surface area contributed by atoms with Crippen LogP contribution in [0.25, 0.3) is 0 Å². The molecule has 0 saturated carbocycles.